The molecule has 2 saturated heterocycles. The molecular weight excluding hydrogens is 287 g/mol. The Labute approximate surface area is 123 Å². The fraction of sp³-hybridized carbons (Fsp3) is 0.923. The molecule has 0 radical (unpaired) electrons. The molecule has 0 spiro atoms. The van der Waals surface area contributed by atoms with Crippen LogP contribution in [0.1, 0.15) is 25.7 Å². The Balaban J connectivity index is 1.87. The monoisotopic (exact) mass is 309 g/mol. The van der Waals surface area contributed by atoms with Gasteiger partial charge in [0, 0.05) is 19.1 Å². The van der Waals surface area contributed by atoms with Crippen molar-refractivity contribution < 1.29 is 13.2 Å². The van der Waals surface area contributed by atoms with Crippen LogP contribution in [0.4, 0.5) is 13.2 Å². The predicted molar refractivity (Wildman–Crippen MR) is 76.6 cm³/mol. The SMILES string of the molecule is NC(=S)C(CN1CCC(N2CCCCC2)C1)C(F)(F)F. The standard InChI is InChI=1S/C13H22F3N3S/c14-13(15,16)11(12(17)20)9-18-7-4-10(8-18)19-5-2-1-3-6-19/h10-11H,1-9H2,(H2,17,20). The first kappa shape index (κ1) is 16.0. The number of piperidine rings is 1. The minimum Gasteiger partial charge on any atom is -0.393 e. The number of likely N-dealkylation sites (tertiary alicyclic amines) is 2. The number of alkyl halides is 3. The van der Waals surface area contributed by atoms with Gasteiger partial charge in [-0.3, -0.25) is 4.90 Å². The molecule has 2 heterocycles. The molecule has 0 amide bonds. The molecule has 116 valence electrons. The van der Waals surface area contributed by atoms with Gasteiger partial charge in [-0.1, -0.05) is 18.6 Å². The van der Waals surface area contributed by atoms with E-state index in [-0.39, 0.29) is 6.54 Å². The number of rotatable bonds is 4. The third kappa shape index (κ3) is 4.05. The van der Waals surface area contributed by atoms with Crippen LogP contribution < -0.4 is 5.73 Å². The first-order valence-electron chi connectivity index (χ1n) is 7.20. The third-order valence-corrected chi connectivity index (χ3v) is 4.62. The Bertz CT molecular complexity index is 342. The van der Waals surface area contributed by atoms with Gasteiger partial charge in [0.25, 0.3) is 0 Å². The summed E-state index contributed by atoms with van der Waals surface area (Å²) in [6.45, 7) is 3.47. The van der Waals surface area contributed by atoms with E-state index in [9.17, 15) is 13.2 Å². The van der Waals surface area contributed by atoms with Crippen LogP contribution in [-0.4, -0.2) is 59.7 Å². The summed E-state index contributed by atoms with van der Waals surface area (Å²) in [5, 5.41) is 0. The van der Waals surface area contributed by atoms with Crippen molar-refractivity contribution in [1.29, 1.82) is 0 Å². The molecule has 2 rings (SSSR count). The number of thiocarbonyl (C=S) groups is 1. The Hall–Kier alpha value is -0.400. The van der Waals surface area contributed by atoms with Gasteiger partial charge in [0.15, 0.2) is 0 Å². The van der Waals surface area contributed by atoms with Gasteiger partial charge in [-0.25, -0.2) is 0 Å². The zero-order valence-electron chi connectivity index (χ0n) is 11.5. The van der Waals surface area contributed by atoms with Crippen molar-refractivity contribution in [2.24, 2.45) is 11.7 Å². The normalized spacial score (nSPS) is 27.6. The molecule has 2 aliphatic rings. The van der Waals surface area contributed by atoms with E-state index in [2.05, 4.69) is 17.1 Å². The highest BCUT2D eigenvalue weighted by Crippen LogP contribution is 2.29. The summed E-state index contributed by atoms with van der Waals surface area (Å²) in [7, 11) is 0. The summed E-state index contributed by atoms with van der Waals surface area (Å²) < 4.78 is 38.6. The summed E-state index contributed by atoms with van der Waals surface area (Å²) in [6, 6.07) is 0.399. The van der Waals surface area contributed by atoms with Crippen LogP contribution in [0.2, 0.25) is 0 Å². The second kappa shape index (κ2) is 6.58. The average Bonchev–Trinajstić information content (AvgIpc) is 2.84. The van der Waals surface area contributed by atoms with Gasteiger partial charge in [-0.15, -0.1) is 0 Å². The predicted octanol–water partition coefficient (Wildman–Crippen LogP) is 2.01. The molecule has 0 aromatic heterocycles. The second-order valence-electron chi connectivity index (χ2n) is 5.80. The van der Waals surface area contributed by atoms with Crippen molar-refractivity contribution >= 4 is 17.2 Å². The van der Waals surface area contributed by atoms with E-state index in [0.717, 1.165) is 19.5 Å². The van der Waals surface area contributed by atoms with Crippen LogP contribution in [0, 0.1) is 5.92 Å². The molecule has 0 saturated carbocycles. The van der Waals surface area contributed by atoms with Gasteiger partial charge in [0.05, 0.1) is 4.99 Å². The summed E-state index contributed by atoms with van der Waals surface area (Å²) in [5.74, 6) is -1.68. The molecule has 0 bridgehead atoms. The second-order valence-corrected chi connectivity index (χ2v) is 6.27. The Morgan fingerprint density at radius 2 is 1.85 bits per heavy atom. The smallest absolute Gasteiger partial charge is 0.393 e. The molecule has 2 N–H and O–H groups in total. The first-order chi connectivity index (χ1) is 9.38. The molecule has 2 atom stereocenters. The van der Waals surface area contributed by atoms with E-state index in [4.69, 9.17) is 5.73 Å². The van der Waals surface area contributed by atoms with E-state index < -0.39 is 17.1 Å². The Morgan fingerprint density at radius 1 is 1.20 bits per heavy atom. The molecule has 2 unspecified atom stereocenters. The maximum Gasteiger partial charge on any atom is 0.399 e. The summed E-state index contributed by atoms with van der Waals surface area (Å²) in [4.78, 5) is 3.84. The van der Waals surface area contributed by atoms with E-state index in [0.29, 0.717) is 19.1 Å². The molecule has 0 aromatic rings. The van der Waals surface area contributed by atoms with Crippen LogP contribution in [0.15, 0.2) is 0 Å². The van der Waals surface area contributed by atoms with Gasteiger partial charge >= 0.3 is 6.18 Å². The van der Waals surface area contributed by atoms with Crippen LogP contribution >= 0.6 is 12.2 Å². The maximum atomic E-state index is 12.9. The van der Waals surface area contributed by atoms with Crippen LogP contribution in [0.25, 0.3) is 0 Å². The van der Waals surface area contributed by atoms with Gasteiger partial charge < -0.3 is 10.6 Å². The minimum atomic E-state index is -4.34. The fourth-order valence-corrected chi connectivity index (χ4v) is 3.38. The van der Waals surface area contributed by atoms with Gasteiger partial charge in [-0.2, -0.15) is 13.2 Å². The molecule has 0 aromatic carbocycles. The maximum absolute atomic E-state index is 12.9. The molecule has 2 aliphatic heterocycles. The average molecular weight is 309 g/mol. The van der Waals surface area contributed by atoms with Crippen molar-refractivity contribution in [3.63, 3.8) is 0 Å². The summed E-state index contributed by atoms with van der Waals surface area (Å²) in [6.07, 6.45) is 0.282. The van der Waals surface area contributed by atoms with Crippen molar-refractivity contribution in [2.75, 3.05) is 32.7 Å². The molecular formula is C13H22F3N3S. The largest absolute Gasteiger partial charge is 0.399 e. The van der Waals surface area contributed by atoms with Gasteiger partial charge in [0.2, 0.25) is 0 Å². The lowest BCUT2D eigenvalue weighted by molar-refractivity contribution is -0.158. The van der Waals surface area contributed by atoms with E-state index in [1.807, 2.05) is 4.90 Å². The molecule has 2 fully saturated rings. The highest BCUT2D eigenvalue weighted by atomic mass is 32.1. The lowest BCUT2D eigenvalue weighted by Gasteiger charge is -2.32. The highest BCUT2D eigenvalue weighted by molar-refractivity contribution is 7.80. The van der Waals surface area contributed by atoms with Crippen molar-refractivity contribution in [1.82, 2.24) is 9.80 Å². The topological polar surface area (TPSA) is 32.5 Å². The molecule has 3 nitrogen and oxygen atoms in total. The van der Waals surface area contributed by atoms with Gasteiger partial charge in [0.1, 0.15) is 5.92 Å². The quantitative estimate of drug-likeness (QED) is 0.805. The zero-order chi connectivity index (χ0) is 14.8. The van der Waals surface area contributed by atoms with Gasteiger partial charge in [-0.05, 0) is 38.9 Å². The van der Waals surface area contributed by atoms with Crippen LogP contribution in [0.5, 0.6) is 0 Å². The Kier molecular flexibility index (Phi) is 5.25. The first-order valence-corrected chi connectivity index (χ1v) is 7.61. The number of hydrogen-bond acceptors (Lipinski definition) is 3. The van der Waals surface area contributed by atoms with Crippen molar-refractivity contribution in [3.05, 3.63) is 0 Å². The number of halogens is 3. The fourth-order valence-electron chi connectivity index (χ4n) is 3.17. The lowest BCUT2D eigenvalue weighted by atomic mass is 10.1. The van der Waals surface area contributed by atoms with Crippen molar-refractivity contribution in [2.45, 2.75) is 37.9 Å². The Morgan fingerprint density at radius 3 is 2.40 bits per heavy atom. The lowest BCUT2D eigenvalue weighted by Crippen LogP contribution is -2.45. The number of nitrogens with two attached hydrogens (primary N) is 1. The van der Waals surface area contributed by atoms with Crippen molar-refractivity contribution in [3.8, 4) is 0 Å². The third-order valence-electron chi connectivity index (χ3n) is 4.33. The molecule has 20 heavy (non-hydrogen) atoms. The highest BCUT2D eigenvalue weighted by Gasteiger charge is 2.43. The number of nitrogens with zero attached hydrogens (tertiary/aromatic N) is 2. The van der Waals surface area contributed by atoms with Crippen LogP contribution in [-0.2, 0) is 0 Å². The minimum absolute atomic E-state index is 0.0941. The molecule has 0 aliphatic carbocycles. The number of hydrogen-bond donors (Lipinski definition) is 1. The summed E-state index contributed by atoms with van der Waals surface area (Å²) in [5.41, 5.74) is 5.25. The van der Waals surface area contributed by atoms with Crippen LogP contribution in [0.3, 0.4) is 0 Å². The zero-order valence-corrected chi connectivity index (χ0v) is 12.3. The molecule has 7 heteroatoms. The van der Waals surface area contributed by atoms with E-state index in [1.165, 1.54) is 19.3 Å². The van der Waals surface area contributed by atoms with E-state index in [1.54, 1.807) is 0 Å². The summed E-state index contributed by atoms with van der Waals surface area (Å²) >= 11 is 4.58. The van der Waals surface area contributed by atoms with E-state index >= 15 is 0 Å².